The number of aliphatic imine (C=N–C) groups is 1. The van der Waals surface area contributed by atoms with Gasteiger partial charge in [0.05, 0.1) is 23.3 Å². The van der Waals surface area contributed by atoms with Crippen molar-refractivity contribution >= 4 is 40.6 Å². The van der Waals surface area contributed by atoms with Crippen LogP contribution in [0.25, 0.3) is 6.08 Å². The van der Waals surface area contributed by atoms with Gasteiger partial charge in [0.1, 0.15) is 5.75 Å². The SMILES string of the molecule is CCN1C(=O)/C(=C\c2cccc(OC)c2)SC1=Nc1cccc(C(=O)O)c1. The van der Waals surface area contributed by atoms with Crippen LogP contribution in [0.3, 0.4) is 0 Å². The summed E-state index contributed by atoms with van der Waals surface area (Å²) in [5.74, 6) is -0.428. The van der Waals surface area contributed by atoms with Crippen molar-refractivity contribution in [3.63, 3.8) is 0 Å². The van der Waals surface area contributed by atoms with Gasteiger partial charge in [-0.15, -0.1) is 0 Å². The Hall–Kier alpha value is -3.06. The molecule has 0 aliphatic carbocycles. The minimum absolute atomic E-state index is 0.126. The number of amidine groups is 1. The lowest BCUT2D eigenvalue weighted by atomic mass is 10.2. The molecule has 138 valence electrons. The second-order valence-electron chi connectivity index (χ2n) is 5.69. The van der Waals surface area contributed by atoms with E-state index in [9.17, 15) is 9.59 Å². The fraction of sp³-hybridized carbons (Fsp3) is 0.150. The van der Waals surface area contributed by atoms with Crippen LogP contribution in [0.15, 0.2) is 58.4 Å². The molecule has 6 nitrogen and oxygen atoms in total. The number of hydrogen-bond donors (Lipinski definition) is 1. The summed E-state index contributed by atoms with van der Waals surface area (Å²) >= 11 is 1.27. The third-order valence-electron chi connectivity index (χ3n) is 3.91. The van der Waals surface area contributed by atoms with Crippen LogP contribution in [-0.4, -0.2) is 40.7 Å². The first kappa shape index (κ1) is 18.7. The standard InChI is InChI=1S/C20H18N2O4S/c1-3-22-18(23)17(11-13-6-4-9-16(10-13)26-2)27-20(22)21-15-8-5-7-14(12-15)19(24)25/h4-12H,3H2,1-2H3,(H,24,25)/b17-11+,21-20?. The molecule has 0 saturated carbocycles. The normalized spacial score (nSPS) is 17.0. The number of thioether (sulfide) groups is 1. The molecule has 2 aromatic rings. The minimum atomic E-state index is -1.02. The number of amides is 1. The molecule has 0 radical (unpaired) electrons. The average molecular weight is 382 g/mol. The van der Waals surface area contributed by atoms with Crippen molar-refractivity contribution in [3.05, 3.63) is 64.6 Å². The maximum absolute atomic E-state index is 12.7. The van der Waals surface area contributed by atoms with E-state index in [2.05, 4.69) is 4.99 Å². The molecule has 2 aromatic carbocycles. The Morgan fingerprint density at radius 2 is 2.04 bits per heavy atom. The number of carbonyl (C=O) groups excluding carboxylic acids is 1. The molecular weight excluding hydrogens is 364 g/mol. The Morgan fingerprint density at radius 3 is 2.74 bits per heavy atom. The van der Waals surface area contributed by atoms with Gasteiger partial charge in [-0.05, 0) is 60.7 Å². The number of nitrogens with zero attached hydrogens (tertiary/aromatic N) is 2. The van der Waals surface area contributed by atoms with Crippen LogP contribution in [0.5, 0.6) is 5.75 Å². The number of rotatable bonds is 5. The van der Waals surface area contributed by atoms with Crippen molar-refractivity contribution in [2.45, 2.75) is 6.92 Å². The Balaban J connectivity index is 1.93. The molecular formula is C20H18N2O4S. The third kappa shape index (κ3) is 4.20. The van der Waals surface area contributed by atoms with Crippen LogP contribution in [0.4, 0.5) is 5.69 Å². The third-order valence-corrected chi connectivity index (χ3v) is 4.92. The lowest BCUT2D eigenvalue weighted by Gasteiger charge is -2.12. The highest BCUT2D eigenvalue weighted by Crippen LogP contribution is 2.34. The second kappa shape index (κ2) is 8.09. The molecule has 0 atom stereocenters. The highest BCUT2D eigenvalue weighted by Gasteiger charge is 2.32. The fourth-order valence-electron chi connectivity index (χ4n) is 2.57. The zero-order valence-electron chi connectivity index (χ0n) is 14.9. The Labute approximate surface area is 161 Å². The van der Waals surface area contributed by atoms with E-state index in [1.54, 1.807) is 30.2 Å². The van der Waals surface area contributed by atoms with Gasteiger partial charge in [-0.3, -0.25) is 9.69 Å². The molecule has 1 heterocycles. The van der Waals surface area contributed by atoms with Crippen LogP contribution < -0.4 is 4.74 Å². The zero-order valence-corrected chi connectivity index (χ0v) is 15.7. The number of hydrogen-bond acceptors (Lipinski definition) is 5. The molecule has 3 rings (SSSR count). The minimum Gasteiger partial charge on any atom is -0.497 e. The quantitative estimate of drug-likeness (QED) is 0.790. The number of carboxylic acids is 1. The van der Waals surface area contributed by atoms with Crippen molar-refractivity contribution in [1.82, 2.24) is 4.90 Å². The van der Waals surface area contributed by atoms with Crippen LogP contribution in [-0.2, 0) is 4.79 Å². The van der Waals surface area contributed by atoms with E-state index in [4.69, 9.17) is 9.84 Å². The highest BCUT2D eigenvalue weighted by molar-refractivity contribution is 8.18. The summed E-state index contributed by atoms with van der Waals surface area (Å²) in [4.78, 5) is 30.4. The molecule has 7 heteroatoms. The van der Waals surface area contributed by atoms with Gasteiger partial charge in [0.2, 0.25) is 0 Å². The largest absolute Gasteiger partial charge is 0.497 e. The first-order chi connectivity index (χ1) is 13.0. The van der Waals surface area contributed by atoms with Crippen molar-refractivity contribution in [2.24, 2.45) is 4.99 Å². The first-order valence-electron chi connectivity index (χ1n) is 8.29. The number of carboxylic acid groups (broad SMARTS) is 1. The van der Waals surface area contributed by atoms with Crippen LogP contribution in [0.1, 0.15) is 22.8 Å². The summed E-state index contributed by atoms with van der Waals surface area (Å²) < 4.78 is 5.22. The maximum Gasteiger partial charge on any atom is 0.335 e. The summed E-state index contributed by atoms with van der Waals surface area (Å²) in [7, 11) is 1.59. The molecule has 1 aliphatic rings. The van der Waals surface area contributed by atoms with E-state index in [1.165, 1.54) is 23.9 Å². The Morgan fingerprint density at radius 1 is 1.26 bits per heavy atom. The predicted molar refractivity (Wildman–Crippen MR) is 106 cm³/mol. The predicted octanol–water partition coefficient (Wildman–Crippen LogP) is 4.02. The van der Waals surface area contributed by atoms with Gasteiger partial charge in [-0.2, -0.15) is 0 Å². The second-order valence-corrected chi connectivity index (χ2v) is 6.70. The highest BCUT2D eigenvalue weighted by atomic mass is 32.2. The molecule has 1 amide bonds. The molecule has 0 unspecified atom stereocenters. The molecule has 0 aromatic heterocycles. The van der Waals surface area contributed by atoms with Crippen molar-refractivity contribution < 1.29 is 19.4 Å². The zero-order chi connectivity index (χ0) is 19.4. The van der Waals surface area contributed by atoms with Crippen molar-refractivity contribution in [2.75, 3.05) is 13.7 Å². The smallest absolute Gasteiger partial charge is 0.335 e. The van der Waals surface area contributed by atoms with E-state index in [0.29, 0.717) is 28.1 Å². The maximum atomic E-state index is 12.7. The van der Waals surface area contributed by atoms with Crippen molar-refractivity contribution in [1.29, 1.82) is 0 Å². The summed E-state index contributed by atoms with van der Waals surface area (Å²) in [6.07, 6.45) is 1.80. The molecule has 0 spiro atoms. The van der Waals surface area contributed by atoms with Crippen LogP contribution in [0, 0.1) is 0 Å². The summed E-state index contributed by atoms with van der Waals surface area (Å²) in [5, 5.41) is 9.65. The monoisotopic (exact) mass is 382 g/mol. The Bertz CT molecular complexity index is 953. The van der Waals surface area contributed by atoms with Gasteiger partial charge in [-0.1, -0.05) is 18.2 Å². The molecule has 1 saturated heterocycles. The number of aromatic carboxylic acids is 1. The van der Waals surface area contributed by atoms with Crippen LogP contribution in [0.2, 0.25) is 0 Å². The summed E-state index contributed by atoms with van der Waals surface area (Å²) in [6, 6.07) is 13.8. The van der Waals surface area contributed by atoms with Gasteiger partial charge in [-0.25, -0.2) is 9.79 Å². The number of benzene rings is 2. The van der Waals surface area contributed by atoms with E-state index in [-0.39, 0.29) is 11.5 Å². The summed E-state index contributed by atoms with van der Waals surface area (Å²) in [5.41, 5.74) is 1.50. The average Bonchev–Trinajstić information content (AvgIpc) is 2.96. The van der Waals surface area contributed by atoms with Crippen LogP contribution >= 0.6 is 11.8 Å². The van der Waals surface area contributed by atoms with Gasteiger partial charge in [0.15, 0.2) is 5.17 Å². The lowest BCUT2D eigenvalue weighted by Crippen LogP contribution is -2.28. The van der Waals surface area contributed by atoms with Crippen molar-refractivity contribution in [3.8, 4) is 5.75 Å². The molecule has 27 heavy (non-hydrogen) atoms. The van der Waals surface area contributed by atoms with E-state index < -0.39 is 5.97 Å². The van der Waals surface area contributed by atoms with Gasteiger partial charge < -0.3 is 9.84 Å². The molecule has 0 bridgehead atoms. The lowest BCUT2D eigenvalue weighted by molar-refractivity contribution is -0.122. The molecule has 1 N–H and O–H groups in total. The number of methoxy groups -OCH3 is 1. The van der Waals surface area contributed by atoms with Gasteiger partial charge in [0, 0.05) is 6.54 Å². The first-order valence-corrected chi connectivity index (χ1v) is 9.11. The van der Waals surface area contributed by atoms with Gasteiger partial charge in [0.25, 0.3) is 5.91 Å². The van der Waals surface area contributed by atoms with E-state index >= 15 is 0 Å². The topological polar surface area (TPSA) is 79.2 Å². The molecule has 1 fully saturated rings. The molecule has 1 aliphatic heterocycles. The summed E-state index contributed by atoms with van der Waals surface area (Å²) in [6.45, 7) is 2.34. The number of ether oxygens (including phenoxy) is 1. The van der Waals surface area contributed by atoms with E-state index in [1.807, 2.05) is 31.2 Å². The van der Waals surface area contributed by atoms with E-state index in [0.717, 1.165) is 5.56 Å². The fourth-order valence-corrected chi connectivity index (χ4v) is 3.63. The Kier molecular flexibility index (Phi) is 5.61. The number of carbonyl (C=O) groups is 2. The number of likely N-dealkylation sites (N-methyl/N-ethyl adjacent to an activating group) is 1. The van der Waals surface area contributed by atoms with Gasteiger partial charge >= 0.3 is 5.97 Å².